The predicted octanol–water partition coefficient (Wildman–Crippen LogP) is 4.05. The van der Waals surface area contributed by atoms with Gasteiger partial charge in [-0.3, -0.25) is 4.21 Å². The number of rotatable bonds is 5. The van der Waals surface area contributed by atoms with Crippen LogP contribution >= 0.6 is 0 Å². The summed E-state index contributed by atoms with van der Waals surface area (Å²) in [5, 5.41) is 11.5. The highest BCUT2D eigenvalue weighted by molar-refractivity contribution is 7.84. The molecule has 0 aliphatic rings. The lowest BCUT2D eigenvalue weighted by Gasteiger charge is -2.09. The monoisotopic (exact) mass is 393 g/mol. The Morgan fingerprint density at radius 3 is 2.54 bits per heavy atom. The zero-order valence-electron chi connectivity index (χ0n) is 16.2. The lowest BCUT2D eigenvalue weighted by atomic mass is 10.1. The SMILES string of the molecule is Cc1ccc(S(=O)Cc2cc3c(Cn4ccnc4C)c(O)ccc3n2C)cc1. The molecule has 4 rings (SSSR count). The summed E-state index contributed by atoms with van der Waals surface area (Å²) >= 11 is 0. The van der Waals surface area contributed by atoms with Gasteiger partial charge in [0.25, 0.3) is 0 Å². The van der Waals surface area contributed by atoms with Crippen LogP contribution in [0.2, 0.25) is 0 Å². The zero-order valence-corrected chi connectivity index (χ0v) is 17.0. The number of hydrogen-bond donors (Lipinski definition) is 1. The molecule has 0 aliphatic heterocycles. The van der Waals surface area contributed by atoms with Gasteiger partial charge in [0, 0.05) is 46.5 Å². The Labute approximate surface area is 166 Å². The summed E-state index contributed by atoms with van der Waals surface area (Å²) < 4.78 is 16.9. The van der Waals surface area contributed by atoms with Gasteiger partial charge in [0.15, 0.2) is 0 Å². The van der Waals surface area contributed by atoms with Crippen LogP contribution in [0.15, 0.2) is 59.8 Å². The number of benzene rings is 2. The molecular weight excluding hydrogens is 370 g/mol. The number of aromatic nitrogens is 3. The van der Waals surface area contributed by atoms with E-state index in [1.165, 1.54) is 0 Å². The van der Waals surface area contributed by atoms with Crippen molar-refractivity contribution in [3.63, 3.8) is 0 Å². The Bertz CT molecular complexity index is 1170. The molecule has 0 amide bonds. The van der Waals surface area contributed by atoms with Gasteiger partial charge in [-0.15, -0.1) is 0 Å². The standard InChI is InChI=1S/C22H23N3O2S/c1-15-4-6-18(7-5-15)28(27)14-17-12-19-20(13-25-11-10-23-16(25)2)22(26)9-8-21(19)24(17)3/h4-12,26H,13-14H2,1-3H3. The molecule has 1 unspecified atom stereocenters. The van der Waals surface area contributed by atoms with E-state index < -0.39 is 10.8 Å². The number of hydrogen-bond acceptors (Lipinski definition) is 3. The third-order valence-corrected chi connectivity index (χ3v) is 6.58. The minimum Gasteiger partial charge on any atom is -0.508 e. The average molecular weight is 394 g/mol. The fourth-order valence-electron chi connectivity index (χ4n) is 3.47. The first-order chi connectivity index (χ1) is 13.4. The molecule has 0 saturated heterocycles. The molecule has 144 valence electrons. The van der Waals surface area contributed by atoms with Crippen LogP contribution in [0.1, 0.15) is 22.6 Å². The highest BCUT2D eigenvalue weighted by Gasteiger charge is 2.16. The number of imidazole rings is 1. The molecule has 0 saturated carbocycles. The summed E-state index contributed by atoms with van der Waals surface area (Å²) in [5.41, 5.74) is 3.99. The van der Waals surface area contributed by atoms with Crippen molar-refractivity contribution in [1.82, 2.24) is 14.1 Å². The van der Waals surface area contributed by atoms with Crippen molar-refractivity contribution in [2.75, 3.05) is 0 Å². The van der Waals surface area contributed by atoms with Gasteiger partial charge in [0.1, 0.15) is 11.6 Å². The van der Waals surface area contributed by atoms with Crippen molar-refractivity contribution in [2.24, 2.45) is 7.05 Å². The summed E-state index contributed by atoms with van der Waals surface area (Å²) in [6, 6.07) is 13.5. The molecule has 5 nitrogen and oxygen atoms in total. The third-order valence-electron chi connectivity index (χ3n) is 5.23. The van der Waals surface area contributed by atoms with Crippen LogP contribution in [0.4, 0.5) is 0 Å². The second-order valence-corrected chi connectivity index (χ2v) is 8.55. The first-order valence-electron chi connectivity index (χ1n) is 9.16. The van der Waals surface area contributed by atoms with Crippen LogP contribution in [-0.2, 0) is 30.1 Å². The molecule has 2 aromatic carbocycles. The van der Waals surface area contributed by atoms with Crippen molar-refractivity contribution in [1.29, 1.82) is 0 Å². The number of phenolic OH excluding ortho intramolecular Hbond substituents is 1. The maximum Gasteiger partial charge on any atom is 0.121 e. The van der Waals surface area contributed by atoms with Gasteiger partial charge < -0.3 is 14.2 Å². The molecule has 6 heteroatoms. The Morgan fingerprint density at radius 1 is 1.11 bits per heavy atom. The first-order valence-corrected chi connectivity index (χ1v) is 10.5. The number of aryl methyl sites for hydroxylation is 3. The quantitative estimate of drug-likeness (QED) is 0.556. The lowest BCUT2D eigenvalue weighted by Crippen LogP contribution is -2.02. The highest BCUT2D eigenvalue weighted by Crippen LogP contribution is 2.31. The number of nitrogens with zero attached hydrogens (tertiary/aromatic N) is 3. The van der Waals surface area contributed by atoms with Crippen molar-refractivity contribution in [3.8, 4) is 5.75 Å². The van der Waals surface area contributed by atoms with Gasteiger partial charge in [0.05, 0.1) is 23.1 Å². The predicted molar refractivity (Wildman–Crippen MR) is 112 cm³/mol. The molecule has 0 bridgehead atoms. The van der Waals surface area contributed by atoms with Crippen molar-refractivity contribution >= 4 is 21.7 Å². The largest absolute Gasteiger partial charge is 0.508 e. The Morgan fingerprint density at radius 2 is 1.86 bits per heavy atom. The normalized spacial score (nSPS) is 12.5. The number of phenols is 1. The molecule has 0 radical (unpaired) electrons. The van der Waals surface area contributed by atoms with E-state index in [4.69, 9.17) is 0 Å². The van der Waals surface area contributed by atoms with Gasteiger partial charge in [-0.2, -0.15) is 0 Å². The smallest absolute Gasteiger partial charge is 0.121 e. The Balaban J connectivity index is 1.71. The van der Waals surface area contributed by atoms with Crippen molar-refractivity contribution in [3.05, 3.63) is 77.5 Å². The molecule has 28 heavy (non-hydrogen) atoms. The molecule has 1 N–H and O–H groups in total. The fourth-order valence-corrected chi connectivity index (χ4v) is 4.62. The Hall–Kier alpha value is -2.86. The first kappa shape index (κ1) is 18.5. The molecule has 0 aliphatic carbocycles. The van der Waals surface area contributed by atoms with Gasteiger partial charge in [-0.1, -0.05) is 17.7 Å². The summed E-state index contributed by atoms with van der Waals surface area (Å²) in [4.78, 5) is 5.09. The minimum atomic E-state index is -1.13. The fraction of sp³-hybridized carbons (Fsp3) is 0.227. The van der Waals surface area contributed by atoms with E-state index in [9.17, 15) is 9.32 Å². The molecule has 4 aromatic rings. The second-order valence-electron chi connectivity index (χ2n) is 7.10. The van der Waals surface area contributed by atoms with E-state index in [0.29, 0.717) is 12.3 Å². The van der Waals surface area contributed by atoms with Gasteiger partial charge in [-0.25, -0.2) is 4.98 Å². The van der Waals surface area contributed by atoms with Gasteiger partial charge in [0.2, 0.25) is 0 Å². The topological polar surface area (TPSA) is 60.1 Å². The van der Waals surface area contributed by atoms with Crippen LogP contribution in [0, 0.1) is 13.8 Å². The zero-order chi connectivity index (χ0) is 19.8. The van der Waals surface area contributed by atoms with Crippen LogP contribution in [0.3, 0.4) is 0 Å². The maximum absolute atomic E-state index is 12.8. The third kappa shape index (κ3) is 3.36. The lowest BCUT2D eigenvalue weighted by molar-refractivity contribution is 0.467. The number of fused-ring (bicyclic) bond motifs is 1. The summed E-state index contributed by atoms with van der Waals surface area (Å²) in [7, 11) is 0.854. The average Bonchev–Trinajstić information content (AvgIpc) is 3.21. The van der Waals surface area contributed by atoms with E-state index in [2.05, 4.69) is 9.55 Å². The van der Waals surface area contributed by atoms with Crippen molar-refractivity contribution < 1.29 is 9.32 Å². The molecular formula is C22H23N3O2S. The van der Waals surface area contributed by atoms with E-state index in [1.807, 2.05) is 68.1 Å². The molecule has 1 atom stereocenters. The van der Waals surface area contributed by atoms with Crippen molar-refractivity contribution in [2.45, 2.75) is 31.0 Å². The van der Waals surface area contributed by atoms with Gasteiger partial charge >= 0.3 is 0 Å². The number of aromatic hydroxyl groups is 1. The van der Waals surface area contributed by atoms with E-state index in [1.54, 1.807) is 12.3 Å². The molecule has 2 aromatic heterocycles. The molecule has 2 heterocycles. The summed E-state index contributed by atoms with van der Waals surface area (Å²) in [6.07, 6.45) is 3.66. The van der Waals surface area contributed by atoms with Crippen LogP contribution in [-0.4, -0.2) is 23.4 Å². The second kappa shape index (κ2) is 7.28. The van der Waals surface area contributed by atoms with Crippen LogP contribution < -0.4 is 0 Å². The Kier molecular flexibility index (Phi) is 4.81. The maximum atomic E-state index is 12.8. The summed E-state index contributed by atoms with van der Waals surface area (Å²) in [6.45, 7) is 4.50. The summed E-state index contributed by atoms with van der Waals surface area (Å²) in [5.74, 6) is 1.59. The highest BCUT2D eigenvalue weighted by atomic mass is 32.2. The van der Waals surface area contributed by atoms with E-state index in [-0.39, 0.29) is 5.75 Å². The van der Waals surface area contributed by atoms with E-state index >= 15 is 0 Å². The minimum absolute atomic E-state index is 0.261. The molecule has 0 fully saturated rings. The molecule has 0 spiro atoms. The van der Waals surface area contributed by atoms with Gasteiger partial charge in [-0.05, 0) is 44.2 Å². The van der Waals surface area contributed by atoms with E-state index in [0.717, 1.165) is 38.4 Å². The van der Waals surface area contributed by atoms with Crippen LogP contribution in [0.25, 0.3) is 10.9 Å². The van der Waals surface area contributed by atoms with Crippen LogP contribution in [0.5, 0.6) is 5.75 Å².